The zero-order valence-electron chi connectivity index (χ0n) is 18.1. The fraction of sp³-hybridized carbons (Fsp3) is 0.240. The summed E-state index contributed by atoms with van der Waals surface area (Å²) in [4.78, 5) is 43.8. The van der Waals surface area contributed by atoms with Gasteiger partial charge in [-0.3, -0.25) is 9.59 Å². The number of likely N-dealkylation sites (tertiary alicyclic amines) is 1. The maximum atomic E-state index is 13.2. The number of aromatic amines is 1. The largest absolute Gasteiger partial charge is 0.342 e. The van der Waals surface area contributed by atoms with Crippen LogP contribution in [-0.2, 0) is 16.0 Å². The van der Waals surface area contributed by atoms with Crippen LogP contribution in [0.3, 0.4) is 0 Å². The Morgan fingerprint density at radius 3 is 2.70 bits per heavy atom. The molecule has 8 heteroatoms. The van der Waals surface area contributed by atoms with Crippen molar-refractivity contribution in [1.29, 1.82) is 0 Å². The number of aryl methyl sites for hydroxylation is 1. The van der Waals surface area contributed by atoms with Gasteiger partial charge >= 0.3 is 0 Å². The van der Waals surface area contributed by atoms with Crippen LogP contribution in [-0.4, -0.2) is 49.2 Å². The van der Waals surface area contributed by atoms with Crippen LogP contribution in [0.4, 0.5) is 5.69 Å². The van der Waals surface area contributed by atoms with Crippen LogP contribution in [0.1, 0.15) is 25.1 Å². The number of carbonyl (C=O) groups is 2. The molecule has 0 unspecified atom stereocenters. The molecule has 0 saturated carbocycles. The van der Waals surface area contributed by atoms with Crippen molar-refractivity contribution in [2.75, 3.05) is 11.9 Å². The van der Waals surface area contributed by atoms with Gasteiger partial charge in [-0.1, -0.05) is 30.3 Å². The van der Waals surface area contributed by atoms with E-state index in [1.807, 2.05) is 48.5 Å². The van der Waals surface area contributed by atoms with Gasteiger partial charge in [-0.25, -0.2) is 15.0 Å². The number of benzene rings is 2. The zero-order valence-corrected chi connectivity index (χ0v) is 18.1. The quantitative estimate of drug-likeness (QED) is 0.477. The number of imidazole rings is 1. The Labute approximate surface area is 191 Å². The van der Waals surface area contributed by atoms with Gasteiger partial charge in [0.05, 0.1) is 11.0 Å². The minimum absolute atomic E-state index is 0.0298. The Balaban J connectivity index is 1.26. The van der Waals surface area contributed by atoms with E-state index in [9.17, 15) is 9.59 Å². The molecule has 33 heavy (non-hydrogen) atoms. The number of aromatic nitrogens is 4. The average Bonchev–Trinajstić information content (AvgIpc) is 3.51. The predicted octanol–water partition coefficient (Wildman–Crippen LogP) is 3.58. The Bertz CT molecular complexity index is 1250. The van der Waals surface area contributed by atoms with E-state index in [-0.39, 0.29) is 11.8 Å². The molecule has 1 atom stereocenters. The Hall–Kier alpha value is -4.07. The number of nitrogens with zero attached hydrogens (tertiary/aromatic N) is 4. The summed E-state index contributed by atoms with van der Waals surface area (Å²) in [7, 11) is 0. The third-order valence-corrected chi connectivity index (χ3v) is 5.95. The third kappa shape index (κ3) is 4.45. The molecule has 0 aliphatic carbocycles. The van der Waals surface area contributed by atoms with E-state index in [1.165, 1.54) is 6.33 Å². The maximum absolute atomic E-state index is 13.2. The van der Waals surface area contributed by atoms with Crippen molar-refractivity contribution < 1.29 is 9.59 Å². The molecule has 2 amide bonds. The van der Waals surface area contributed by atoms with Gasteiger partial charge < -0.3 is 15.2 Å². The van der Waals surface area contributed by atoms with E-state index in [0.717, 1.165) is 34.4 Å². The Morgan fingerprint density at radius 1 is 1.06 bits per heavy atom. The number of para-hydroxylation sites is 3. The average molecular weight is 441 g/mol. The Morgan fingerprint density at radius 2 is 1.85 bits per heavy atom. The lowest BCUT2D eigenvalue weighted by molar-refractivity contribution is -0.136. The molecule has 2 N–H and O–H groups in total. The number of hydrogen-bond donors (Lipinski definition) is 2. The molecule has 1 fully saturated rings. The van der Waals surface area contributed by atoms with Crippen molar-refractivity contribution in [2.24, 2.45) is 0 Å². The lowest BCUT2D eigenvalue weighted by Gasteiger charge is -2.24. The van der Waals surface area contributed by atoms with Crippen molar-refractivity contribution in [1.82, 2.24) is 24.8 Å². The smallest absolute Gasteiger partial charge is 0.247 e. The lowest BCUT2D eigenvalue weighted by Crippen LogP contribution is -2.43. The van der Waals surface area contributed by atoms with E-state index in [2.05, 4.69) is 25.3 Å². The number of fused-ring (bicyclic) bond motifs is 1. The molecule has 3 heterocycles. The van der Waals surface area contributed by atoms with Crippen LogP contribution in [0.15, 0.2) is 67.3 Å². The fourth-order valence-corrected chi connectivity index (χ4v) is 4.33. The van der Waals surface area contributed by atoms with Gasteiger partial charge in [0.15, 0.2) is 0 Å². The highest BCUT2D eigenvalue weighted by Crippen LogP contribution is 2.28. The number of anilines is 1. The highest BCUT2D eigenvalue weighted by atomic mass is 16.2. The monoisotopic (exact) mass is 440 g/mol. The van der Waals surface area contributed by atoms with Gasteiger partial charge in [-0.15, -0.1) is 0 Å². The number of rotatable bonds is 6. The van der Waals surface area contributed by atoms with Gasteiger partial charge in [0.2, 0.25) is 11.8 Å². The first-order valence-electron chi connectivity index (χ1n) is 11.1. The highest BCUT2D eigenvalue weighted by molar-refractivity contribution is 6.00. The van der Waals surface area contributed by atoms with Crippen LogP contribution in [0, 0.1) is 0 Å². The number of amides is 2. The van der Waals surface area contributed by atoms with Gasteiger partial charge in [-0.2, -0.15) is 0 Å². The molecule has 1 aliphatic heterocycles. The van der Waals surface area contributed by atoms with E-state index in [1.54, 1.807) is 17.3 Å². The normalized spacial score (nSPS) is 15.6. The molecule has 8 nitrogen and oxygen atoms in total. The molecule has 0 spiro atoms. The van der Waals surface area contributed by atoms with Crippen LogP contribution in [0.2, 0.25) is 0 Å². The first-order chi connectivity index (χ1) is 16.2. The fourth-order valence-electron chi connectivity index (χ4n) is 4.33. The summed E-state index contributed by atoms with van der Waals surface area (Å²) in [5, 5.41) is 3.02. The zero-order chi connectivity index (χ0) is 22.6. The topological polar surface area (TPSA) is 104 Å². The SMILES string of the molecule is O=C(Nc1ccccc1-c1cncnc1)[C@@H]1CCCN1C(=O)CCc1nc2ccccc2[nH]1. The van der Waals surface area contributed by atoms with E-state index in [4.69, 9.17) is 0 Å². The predicted molar refractivity (Wildman–Crippen MR) is 125 cm³/mol. The first-order valence-corrected chi connectivity index (χ1v) is 11.1. The van der Waals surface area contributed by atoms with Crippen molar-refractivity contribution >= 4 is 28.5 Å². The van der Waals surface area contributed by atoms with Crippen molar-refractivity contribution in [3.63, 3.8) is 0 Å². The second-order valence-electron chi connectivity index (χ2n) is 8.11. The minimum Gasteiger partial charge on any atom is -0.342 e. The van der Waals surface area contributed by atoms with Crippen LogP contribution in [0.5, 0.6) is 0 Å². The van der Waals surface area contributed by atoms with Gasteiger partial charge in [0.25, 0.3) is 0 Å². The standard InChI is InChI=1S/C25H24N6O2/c32-24(12-11-23-28-20-8-3-4-9-21(20)29-23)31-13-5-10-22(31)25(33)30-19-7-2-1-6-18(19)17-14-26-16-27-15-17/h1-4,6-9,14-16,22H,5,10-13H2,(H,28,29)(H,30,33)/t22-/m0/s1. The number of carbonyl (C=O) groups excluding carboxylic acids is 2. The van der Waals surface area contributed by atoms with E-state index < -0.39 is 6.04 Å². The van der Waals surface area contributed by atoms with Crippen molar-refractivity contribution in [3.05, 3.63) is 73.1 Å². The van der Waals surface area contributed by atoms with Gasteiger partial charge in [-0.05, 0) is 31.0 Å². The molecule has 2 aromatic carbocycles. The summed E-state index contributed by atoms with van der Waals surface area (Å²) in [6.45, 7) is 0.589. The highest BCUT2D eigenvalue weighted by Gasteiger charge is 2.34. The van der Waals surface area contributed by atoms with E-state index >= 15 is 0 Å². The molecule has 1 saturated heterocycles. The van der Waals surface area contributed by atoms with Gasteiger partial charge in [0, 0.05) is 48.6 Å². The summed E-state index contributed by atoms with van der Waals surface area (Å²) in [5.74, 6) is 0.579. The molecule has 166 valence electrons. The Kier molecular flexibility index (Phi) is 5.80. The van der Waals surface area contributed by atoms with Gasteiger partial charge in [0.1, 0.15) is 18.2 Å². The summed E-state index contributed by atoms with van der Waals surface area (Å²) in [6, 6.07) is 14.9. The van der Waals surface area contributed by atoms with Crippen molar-refractivity contribution in [2.45, 2.75) is 31.7 Å². The number of nitrogens with one attached hydrogen (secondary N) is 2. The van der Waals surface area contributed by atoms with Crippen LogP contribution < -0.4 is 5.32 Å². The second-order valence-corrected chi connectivity index (χ2v) is 8.11. The summed E-state index contributed by atoms with van der Waals surface area (Å²) >= 11 is 0. The van der Waals surface area contributed by atoms with Crippen LogP contribution >= 0.6 is 0 Å². The second kappa shape index (κ2) is 9.20. The molecular weight excluding hydrogens is 416 g/mol. The summed E-state index contributed by atoms with van der Waals surface area (Å²) in [6.07, 6.45) is 7.17. The lowest BCUT2D eigenvalue weighted by atomic mass is 10.1. The maximum Gasteiger partial charge on any atom is 0.247 e. The number of H-pyrrole nitrogens is 1. The molecular formula is C25H24N6O2. The molecule has 1 aliphatic rings. The molecule has 4 aromatic rings. The molecule has 2 aromatic heterocycles. The summed E-state index contributed by atoms with van der Waals surface area (Å²) < 4.78 is 0. The van der Waals surface area contributed by atoms with Crippen molar-refractivity contribution in [3.8, 4) is 11.1 Å². The molecule has 5 rings (SSSR count). The molecule has 0 bridgehead atoms. The van der Waals surface area contributed by atoms with E-state index in [0.29, 0.717) is 31.5 Å². The molecule has 0 radical (unpaired) electrons. The number of hydrogen-bond acceptors (Lipinski definition) is 5. The van der Waals surface area contributed by atoms with Crippen LogP contribution in [0.25, 0.3) is 22.2 Å². The minimum atomic E-state index is -0.478. The first kappa shape index (κ1) is 20.8. The third-order valence-electron chi connectivity index (χ3n) is 5.95. The summed E-state index contributed by atoms with van der Waals surface area (Å²) in [5.41, 5.74) is 4.19.